The number of aromatic nitrogens is 1. The number of nitrogens with one attached hydrogen (secondary N) is 2. The molecule has 2 N–H and O–H groups in total. The first-order valence-corrected chi connectivity index (χ1v) is 7.27. The summed E-state index contributed by atoms with van der Waals surface area (Å²) in [5, 5.41) is 6.28. The van der Waals surface area contributed by atoms with Gasteiger partial charge >= 0.3 is 0 Å². The Kier molecular flexibility index (Phi) is 4.95. The van der Waals surface area contributed by atoms with Crippen molar-refractivity contribution in [2.45, 2.75) is 39.3 Å². The van der Waals surface area contributed by atoms with Gasteiger partial charge in [0, 0.05) is 32.4 Å². The van der Waals surface area contributed by atoms with E-state index in [1.165, 1.54) is 18.4 Å². The smallest absolute Gasteiger partial charge is 0.239 e. The molecule has 0 radical (unpaired) electrons. The van der Waals surface area contributed by atoms with Crippen LogP contribution >= 0.6 is 0 Å². The van der Waals surface area contributed by atoms with Gasteiger partial charge in [-0.05, 0) is 43.9 Å². The van der Waals surface area contributed by atoms with Crippen molar-refractivity contribution in [2.24, 2.45) is 0 Å². The van der Waals surface area contributed by atoms with Gasteiger partial charge in [0.05, 0.1) is 6.54 Å². The summed E-state index contributed by atoms with van der Waals surface area (Å²) in [6.45, 7) is 5.82. The van der Waals surface area contributed by atoms with Gasteiger partial charge in [0.15, 0.2) is 0 Å². The fraction of sp³-hybridized carbons (Fsp3) is 0.600. The third kappa shape index (κ3) is 4.20. The van der Waals surface area contributed by atoms with E-state index in [1.54, 1.807) is 0 Å². The summed E-state index contributed by atoms with van der Waals surface area (Å²) in [7, 11) is 1.90. The van der Waals surface area contributed by atoms with Crippen LogP contribution in [0.4, 0.5) is 5.82 Å². The van der Waals surface area contributed by atoms with Crippen LogP contribution in [0, 0.1) is 6.92 Å². The van der Waals surface area contributed by atoms with Crippen LogP contribution < -0.4 is 15.5 Å². The Hall–Kier alpha value is -1.62. The highest BCUT2D eigenvalue weighted by Crippen LogP contribution is 2.20. The molecule has 2 rings (SSSR count). The topological polar surface area (TPSA) is 57.3 Å². The second-order valence-electron chi connectivity index (χ2n) is 5.45. The fourth-order valence-electron chi connectivity index (χ4n) is 2.22. The summed E-state index contributed by atoms with van der Waals surface area (Å²) in [4.78, 5) is 18.0. The molecule has 20 heavy (non-hydrogen) atoms. The maximum absolute atomic E-state index is 11.6. The monoisotopic (exact) mass is 276 g/mol. The number of pyridine rings is 1. The molecule has 1 amide bonds. The number of hydrogen-bond acceptors (Lipinski definition) is 4. The predicted octanol–water partition coefficient (Wildman–Crippen LogP) is 1.21. The molecule has 5 nitrogen and oxygen atoms in total. The number of carbonyl (C=O) groups is 1. The molecule has 1 aliphatic carbocycles. The van der Waals surface area contributed by atoms with E-state index in [2.05, 4.69) is 21.7 Å². The second-order valence-corrected chi connectivity index (χ2v) is 5.45. The van der Waals surface area contributed by atoms with E-state index < -0.39 is 0 Å². The van der Waals surface area contributed by atoms with Crippen LogP contribution in [0.2, 0.25) is 0 Å². The highest BCUT2D eigenvalue weighted by Gasteiger charge is 2.20. The van der Waals surface area contributed by atoms with E-state index in [1.807, 2.05) is 32.0 Å². The summed E-state index contributed by atoms with van der Waals surface area (Å²) in [6, 6.07) is 2.85. The molecular formula is C15H24N4O. The van der Waals surface area contributed by atoms with Crippen molar-refractivity contribution in [1.82, 2.24) is 15.6 Å². The van der Waals surface area contributed by atoms with E-state index in [0.717, 1.165) is 17.9 Å². The molecule has 0 unspecified atom stereocenters. The third-order valence-electron chi connectivity index (χ3n) is 3.40. The Morgan fingerprint density at radius 3 is 2.85 bits per heavy atom. The zero-order valence-corrected chi connectivity index (χ0v) is 12.6. The van der Waals surface area contributed by atoms with Gasteiger partial charge < -0.3 is 15.5 Å². The number of anilines is 1. The third-order valence-corrected chi connectivity index (χ3v) is 3.40. The number of aryl methyl sites for hydroxylation is 1. The molecule has 0 spiro atoms. The summed E-state index contributed by atoms with van der Waals surface area (Å²) in [5.41, 5.74) is 2.30. The number of nitrogens with zero attached hydrogens (tertiary/aromatic N) is 2. The van der Waals surface area contributed by atoms with Gasteiger partial charge in [-0.15, -0.1) is 0 Å². The number of hydrogen-bond donors (Lipinski definition) is 2. The Bertz CT molecular complexity index is 471. The molecule has 1 aliphatic rings. The van der Waals surface area contributed by atoms with Crippen LogP contribution in [0.3, 0.4) is 0 Å². The minimum absolute atomic E-state index is 0.0238. The van der Waals surface area contributed by atoms with Crippen LogP contribution in [-0.4, -0.2) is 37.1 Å². The highest BCUT2D eigenvalue weighted by atomic mass is 16.2. The SMILES string of the molecule is CCNC(=O)CN(C)c1ncc(CNC2CC2)cc1C. The van der Waals surface area contributed by atoms with Crippen LogP contribution in [0.5, 0.6) is 0 Å². The minimum atomic E-state index is 0.0238. The highest BCUT2D eigenvalue weighted by molar-refractivity contribution is 5.81. The Balaban J connectivity index is 1.94. The van der Waals surface area contributed by atoms with Gasteiger partial charge in [0.2, 0.25) is 5.91 Å². The largest absolute Gasteiger partial charge is 0.355 e. The molecule has 1 fully saturated rings. The van der Waals surface area contributed by atoms with Gasteiger partial charge in [0.25, 0.3) is 0 Å². The lowest BCUT2D eigenvalue weighted by Crippen LogP contribution is -2.35. The lowest BCUT2D eigenvalue weighted by atomic mass is 10.2. The zero-order valence-electron chi connectivity index (χ0n) is 12.6. The van der Waals surface area contributed by atoms with Gasteiger partial charge in [-0.3, -0.25) is 4.79 Å². The summed E-state index contributed by atoms with van der Waals surface area (Å²) in [6.07, 6.45) is 4.48. The molecule has 0 saturated heterocycles. The molecule has 0 aliphatic heterocycles. The van der Waals surface area contributed by atoms with E-state index in [4.69, 9.17) is 0 Å². The molecule has 1 aromatic rings. The van der Waals surface area contributed by atoms with Crippen LogP contribution in [0.1, 0.15) is 30.9 Å². The van der Waals surface area contributed by atoms with Crippen molar-refractivity contribution >= 4 is 11.7 Å². The molecule has 5 heteroatoms. The Labute approximate surface area is 120 Å². The molecule has 110 valence electrons. The van der Waals surface area contributed by atoms with E-state index >= 15 is 0 Å². The van der Waals surface area contributed by atoms with E-state index in [-0.39, 0.29) is 5.91 Å². The lowest BCUT2D eigenvalue weighted by Gasteiger charge is -2.20. The minimum Gasteiger partial charge on any atom is -0.355 e. The molecule has 0 bridgehead atoms. The van der Waals surface area contributed by atoms with Crippen molar-refractivity contribution in [1.29, 1.82) is 0 Å². The van der Waals surface area contributed by atoms with Crippen LogP contribution in [0.25, 0.3) is 0 Å². The first-order chi connectivity index (χ1) is 9.60. The van der Waals surface area contributed by atoms with E-state index in [0.29, 0.717) is 19.1 Å². The summed E-state index contributed by atoms with van der Waals surface area (Å²) < 4.78 is 0. The normalized spacial score (nSPS) is 14.2. The summed E-state index contributed by atoms with van der Waals surface area (Å²) >= 11 is 0. The molecular weight excluding hydrogens is 252 g/mol. The Morgan fingerprint density at radius 1 is 1.50 bits per heavy atom. The fourth-order valence-corrected chi connectivity index (χ4v) is 2.22. The first-order valence-electron chi connectivity index (χ1n) is 7.27. The van der Waals surface area contributed by atoms with Crippen molar-refractivity contribution in [2.75, 3.05) is 25.0 Å². The van der Waals surface area contributed by atoms with Crippen molar-refractivity contribution < 1.29 is 4.79 Å². The maximum Gasteiger partial charge on any atom is 0.239 e. The second kappa shape index (κ2) is 6.70. The van der Waals surface area contributed by atoms with Crippen LogP contribution in [0.15, 0.2) is 12.3 Å². The lowest BCUT2D eigenvalue weighted by molar-refractivity contribution is -0.119. The molecule has 0 aromatic carbocycles. The van der Waals surface area contributed by atoms with Crippen molar-refractivity contribution in [3.8, 4) is 0 Å². The average Bonchev–Trinajstić information content (AvgIpc) is 3.20. The average molecular weight is 276 g/mol. The maximum atomic E-state index is 11.6. The van der Waals surface area contributed by atoms with Gasteiger partial charge in [-0.25, -0.2) is 4.98 Å². The number of likely N-dealkylation sites (N-methyl/N-ethyl adjacent to an activating group) is 2. The van der Waals surface area contributed by atoms with Crippen molar-refractivity contribution in [3.05, 3.63) is 23.4 Å². The van der Waals surface area contributed by atoms with Gasteiger partial charge in [0.1, 0.15) is 5.82 Å². The zero-order chi connectivity index (χ0) is 14.5. The Morgan fingerprint density at radius 2 is 2.25 bits per heavy atom. The predicted molar refractivity (Wildman–Crippen MR) is 80.8 cm³/mol. The van der Waals surface area contributed by atoms with Gasteiger partial charge in [-0.2, -0.15) is 0 Å². The van der Waals surface area contributed by atoms with Crippen LogP contribution in [-0.2, 0) is 11.3 Å². The van der Waals surface area contributed by atoms with E-state index in [9.17, 15) is 4.79 Å². The number of rotatable bonds is 7. The molecule has 1 heterocycles. The van der Waals surface area contributed by atoms with Crippen molar-refractivity contribution in [3.63, 3.8) is 0 Å². The summed E-state index contributed by atoms with van der Waals surface area (Å²) in [5.74, 6) is 0.891. The standard InChI is InChI=1S/C15H24N4O/c1-4-16-14(20)10-19(3)15-11(2)7-12(9-18-15)8-17-13-5-6-13/h7,9,13,17H,4-6,8,10H2,1-3H3,(H,16,20). The first kappa shape index (κ1) is 14.8. The molecule has 1 saturated carbocycles. The number of amides is 1. The molecule has 0 atom stereocenters. The molecule has 1 aromatic heterocycles. The number of carbonyl (C=O) groups excluding carboxylic acids is 1. The van der Waals surface area contributed by atoms with Gasteiger partial charge in [-0.1, -0.05) is 0 Å². The quantitative estimate of drug-likeness (QED) is 0.786.